The molecule has 1 aliphatic rings. The first kappa shape index (κ1) is 16.0. The highest BCUT2D eigenvalue weighted by Crippen LogP contribution is 2.26. The lowest BCUT2D eigenvalue weighted by atomic mass is 10.1. The van der Waals surface area contributed by atoms with Gasteiger partial charge in [0.25, 0.3) is 0 Å². The molecule has 120 valence electrons. The van der Waals surface area contributed by atoms with Crippen LogP contribution in [0.2, 0.25) is 0 Å². The van der Waals surface area contributed by atoms with Crippen molar-refractivity contribution in [1.82, 2.24) is 4.90 Å². The van der Waals surface area contributed by atoms with Crippen LogP contribution in [0.1, 0.15) is 21.6 Å². The Bertz CT molecular complexity index is 729. The molecule has 0 bridgehead atoms. The number of hydrogen-bond acceptors (Lipinski definition) is 5. The largest absolute Gasteiger partial charge is 0.492 e. The van der Waals surface area contributed by atoms with Crippen LogP contribution in [-0.4, -0.2) is 34.9 Å². The minimum Gasteiger partial charge on any atom is -0.492 e. The van der Waals surface area contributed by atoms with Gasteiger partial charge in [0.2, 0.25) is 0 Å². The molecular formula is C18H19NO3S. The number of aliphatic hydroxyl groups is 2. The summed E-state index contributed by atoms with van der Waals surface area (Å²) in [6, 6.07) is 7.93. The Morgan fingerprint density at radius 3 is 3.00 bits per heavy atom. The van der Waals surface area contributed by atoms with E-state index in [-0.39, 0.29) is 13.2 Å². The lowest BCUT2D eigenvalue weighted by molar-refractivity contribution is 0.221. The van der Waals surface area contributed by atoms with Crippen molar-refractivity contribution in [2.75, 3.05) is 19.8 Å². The zero-order valence-corrected chi connectivity index (χ0v) is 13.6. The summed E-state index contributed by atoms with van der Waals surface area (Å²) in [5.74, 6) is 6.51. The molecular weight excluding hydrogens is 310 g/mol. The first-order chi connectivity index (χ1) is 11.3. The zero-order chi connectivity index (χ0) is 16.1. The van der Waals surface area contributed by atoms with Crippen LogP contribution in [0.25, 0.3) is 0 Å². The molecule has 5 heteroatoms. The summed E-state index contributed by atoms with van der Waals surface area (Å²) in [6.07, 6.45) is 0. The van der Waals surface area contributed by atoms with E-state index in [4.69, 9.17) is 9.84 Å². The molecule has 4 nitrogen and oxygen atoms in total. The van der Waals surface area contributed by atoms with E-state index in [1.807, 2.05) is 23.6 Å². The van der Waals surface area contributed by atoms with E-state index in [9.17, 15) is 5.11 Å². The summed E-state index contributed by atoms with van der Waals surface area (Å²) < 4.78 is 5.80. The van der Waals surface area contributed by atoms with E-state index >= 15 is 0 Å². The Hall–Kier alpha value is -1.84. The van der Waals surface area contributed by atoms with E-state index in [0.29, 0.717) is 6.61 Å². The topological polar surface area (TPSA) is 52.9 Å². The number of aliphatic hydroxyl groups excluding tert-OH is 2. The third kappa shape index (κ3) is 4.12. The van der Waals surface area contributed by atoms with Crippen molar-refractivity contribution in [3.63, 3.8) is 0 Å². The zero-order valence-electron chi connectivity index (χ0n) is 12.8. The van der Waals surface area contributed by atoms with E-state index in [0.717, 1.165) is 42.1 Å². The number of nitrogens with zero attached hydrogens (tertiary/aromatic N) is 1. The molecule has 1 aromatic heterocycles. The molecule has 0 fully saturated rings. The number of fused-ring (bicyclic) bond motifs is 1. The maximum absolute atomic E-state index is 9.30. The summed E-state index contributed by atoms with van der Waals surface area (Å²) >= 11 is 1.68. The second kappa shape index (κ2) is 7.62. The quantitative estimate of drug-likeness (QED) is 0.846. The molecule has 0 saturated carbocycles. The summed E-state index contributed by atoms with van der Waals surface area (Å²) in [7, 11) is 0. The fourth-order valence-electron chi connectivity index (χ4n) is 2.63. The smallest absolute Gasteiger partial charge is 0.123 e. The molecule has 0 aliphatic carbocycles. The SMILES string of the molecule is OCC#Cc1csc(CN2CCOc3ccc(CO)cc3C2)c1. The third-order valence-corrected chi connectivity index (χ3v) is 4.63. The lowest BCUT2D eigenvalue weighted by Gasteiger charge is -2.18. The van der Waals surface area contributed by atoms with Crippen molar-refractivity contribution in [3.8, 4) is 17.6 Å². The van der Waals surface area contributed by atoms with E-state index < -0.39 is 0 Å². The average Bonchev–Trinajstić information content (AvgIpc) is 2.91. The molecule has 0 unspecified atom stereocenters. The molecule has 0 amide bonds. The van der Waals surface area contributed by atoms with Crippen molar-refractivity contribution in [2.24, 2.45) is 0 Å². The highest BCUT2D eigenvalue weighted by atomic mass is 32.1. The molecule has 23 heavy (non-hydrogen) atoms. The summed E-state index contributed by atoms with van der Waals surface area (Å²) in [5, 5.41) is 20.1. The van der Waals surface area contributed by atoms with E-state index in [1.54, 1.807) is 11.3 Å². The monoisotopic (exact) mass is 329 g/mol. The summed E-state index contributed by atoms with van der Waals surface area (Å²) in [4.78, 5) is 3.58. The second-order valence-corrected chi connectivity index (χ2v) is 6.42. The van der Waals surface area contributed by atoms with Gasteiger partial charge < -0.3 is 14.9 Å². The van der Waals surface area contributed by atoms with Crippen molar-refractivity contribution in [3.05, 3.63) is 51.2 Å². The van der Waals surface area contributed by atoms with Crippen LogP contribution >= 0.6 is 11.3 Å². The normalized spacial score (nSPS) is 14.3. The average molecular weight is 329 g/mol. The van der Waals surface area contributed by atoms with Crippen LogP contribution < -0.4 is 4.74 Å². The summed E-state index contributed by atoms with van der Waals surface area (Å²) in [5.41, 5.74) is 2.98. The first-order valence-corrected chi connectivity index (χ1v) is 8.41. The van der Waals surface area contributed by atoms with Gasteiger partial charge in [0.15, 0.2) is 0 Å². The molecule has 1 aliphatic heterocycles. The Balaban J connectivity index is 1.72. The van der Waals surface area contributed by atoms with Gasteiger partial charge >= 0.3 is 0 Å². The van der Waals surface area contributed by atoms with Gasteiger partial charge in [0.1, 0.15) is 19.0 Å². The standard InChI is InChI=1S/C18H19NO3S/c20-6-1-2-15-9-17(23-13-15)11-19-5-7-22-18-4-3-14(12-21)8-16(18)10-19/h3-4,8-9,13,20-21H,5-7,10-12H2. The van der Waals surface area contributed by atoms with Gasteiger partial charge in [-0.1, -0.05) is 17.9 Å². The molecule has 0 radical (unpaired) electrons. The highest BCUT2D eigenvalue weighted by molar-refractivity contribution is 7.10. The molecule has 1 aromatic carbocycles. The van der Waals surface area contributed by atoms with E-state index in [1.165, 1.54) is 4.88 Å². The predicted octanol–water partition coefficient (Wildman–Crippen LogP) is 1.98. The number of hydrogen-bond donors (Lipinski definition) is 2. The Morgan fingerprint density at radius 2 is 2.17 bits per heavy atom. The molecule has 2 heterocycles. The van der Waals surface area contributed by atoms with Gasteiger partial charge in [-0.2, -0.15) is 0 Å². The van der Waals surface area contributed by atoms with Gasteiger partial charge in [0.05, 0.1) is 6.61 Å². The minimum absolute atomic E-state index is 0.0467. The minimum atomic E-state index is -0.112. The Kier molecular flexibility index (Phi) is 5.31. The van der Waals surface area contributed by atoms with Gasteiger partial charge in [-0.3, -0.25) is 4.90 Å². The van der Waals surface area contributed by atoms with Crippen LogP contribution in [0.15, 0.2) is 29.6 Å². The number of thiophene rings is 1. The Labute approximate surface area is 140 Å². The van der Waals surface area contributed by atoms with Gasteiger partial charge in [-0.15, -0.1) is 11.3 Å². The van der Waals surface area contributed by atoms with Crippen molar-refractivity contribution in [1.29, 1.82) is 0 Å². The molecule has 2 aromatic rings. The summed E-state index contributed by atoms with van der Waals surface area (Å²) in [6.45, 7) is 3.10. The fourth-order valence-corrected chi connectivity index (χ4v) is 3.48. The van der Waals surface area contributed by atoms with Crippen LogP contribution in [0.5, 0.6) is 5.75 Å². The van der Waals surface area contributed by atoms with Crippen LogP contribution in [0.3, 0.4) is 0 Å². The van der Waals surface area contributed by atoms with Gasteiger partial charge in [0, 0.05) is 41.0 Å². The maximum atomic E-state index is 9.30. The lowest BCUT2D eigenvalue weighted by Crippen LogP contribution is -2.24. The van der Waals surface area contributed by atoms with Gasteiger partial charge in [-0.05, 0) is 23.8 Å². The van der Waals surface area contributed by atoms with Gasteiger partial charge in [-0.25, -0.2) is 0 Å². The first-order valence-electron chi connectivity index (χ1n) is 7.53. The van der Waals surface area contributed by atoms with Crippen molar-refractivity contribution in [2.45, 2.75) is 19.7 Å². The molecule has 0 spiro atoms. The molecule has 0 atom stereocenters. The van der Waals surface area contributed by atoms with Crippen molar-refractivity contribution < 1.29 is 14.9 Å². The molecule has 2 N–H and O–H groups in total. The van der Waals surface area contributed by atoms with Crippen LogP contribution in [0.4, 0.5) is 0 Å². The maximum Gasteiger partial charge on any atom is 0.123 e. The number of rotatable bonds is 3. The van der Waals surface area contributed by atoms with Crippen molar-refractivity contribution >= 4 is 11.3 Å². The van der Waals surface area contributed by atoms with E-state index in [2.05, 4.69) is 22.8 Å². The second-order valence-electron chi connectivity index (χ2n) is 5.42. The highest BCUT2D eigenvalue weighted by Gasteiger charge is 2.16. The third-order valence-electron chi connectivity index (χ3n) is 3.71. The van der Waals surface area contributed by atoms with Crippen LogP contribution in [0, 0.1) is 11.8 Å². The molecule has 0 saturated heterocycles. The number of ether oxygens (including phenoxy) is 1. The predicted molar refractivity (Wildman–Crippen MR) is 90.3 cm³/mol. The number of benzene rings is 1. The Morgan fingerprint density at radius 1 is 1.26 bits per heavy atom. The fraction of sp³-hybridized carbons (Fsp3) is 0.333. The molecule has 3 rings (SSSR count). The van der Waals surface area contributed by atoms with Crippen LogP contribution in [-0.2, 0) is 19.7 Å².